The molecule has 0 amide bonds. The standard InChI is InChI=1S/C21H17F5N2O5/c1-9-14(20(30)33-11-7-32-8-11)17(16(19(29)31-2)13(5-22)28-9)15-12(23)4-3-10(6-27)18(15)21(24,25)26/h3-4,11,17,28H,5,7-8H2,1-2H3. The lowest BCUT2D eigenvalue weighted by Crippen LogP contribution is -2.41. The van der Waals surface area contributed by atoms with Crippen LogP contribution in [0.4, 0.5) is 22.0 Å². The fourth-order valence-corrected chi connectivity index (χ4v) is 3.68. The predicted molar refractivity (Wildman–Crippen MR) is 100 cm³/mol. The van der Waals surface area contributed by atoms with Gasteiger partial charge in [-0.25, -0.2) is 18.4 Å². The van der Waals surface area contributed by atoms with E-state index in [-0.39, 0.29) is 18.9 Å². The highest BCUT2D eigenvalue weighted by molar-refractivity contribution is 6.00. The summed E-state index contributed by atoms with van der Waals surface area (Å²) in [7, 11) is 0.893. The van der Waals surface area contributed by atoms with Gasteiger partial charge < -0.3 is 19.5 Å². The van der Waals surface area contributed by atoms with Crippen molar-refractivity contribution in [1.29, 1.82) is 5.26 Å². The highest BCUT2D eigenvalue weighted by Crippen LogP contribution is 2.46. The number of hydrogen-bond donors (Lipinski definition) is 1. The molecule has 1 atom stereocenters. The third-order valence-corrected chi connectivity index (χ3v) is 5.17. The second-order valence-electron chi connectivity index (χ2n) is 7.17. The lowest BCUT2D eigenvalue weighted by Gasteiger charge is -2.34. The molecule has 2 aliphatic heterocycles. The van der Waals surface area contributed by atoms with Crippen LogP contribution in [0.3, 0.4) is 0 Å². The van der Waals surface area contributed by atoms with Gasteiger partial charge in [-0.1, -0.05) is 0 Å². The van der Waals surface area contributed by atoms with Gasteiger partial charge >= 0.3 is 18.1 Å². The maximum absolute atomic E-state index is 15.1. The summed E-state index contributed by atoms with van der Waals surface area (Å²) in [4.78, 5) is 25.5. The molecule has 33 heavy (non-hydrogen) atoms. The molecule has 176 valence electrons. The molecule has 1 aromatic rings. The van der Waals surface area contributed by atoms with Crippen molar-refractivity contribution in [2.45, 2.75) is 25.1 Å². The van der Waals surface area contributed by atoms with Gasteiger partial charge in [0.15, 0.2) is 0 Å². The van der Waals surface area contributed by atoms with E-state index in [0.29, 0.717) is 12.1 Å². The molecule has 0 radical (unpaired) electrons. The van der Waals surface area contributed by atoms with E-state index in [0.717, 1.165) is 7.11 Å². The molecule has 2 heterocycles. The van der Waals surface area contributed by atoms with E-state index in [4.69, 9.17) is 9.47 Å². The van der Waals surface area contributed by atoms with Gasteiger partial charge in [-0.05, 0) is 19.1 Å². The average Bonchev–Trinajstić information content (AvgIpc) is 2.73. The van der Waals surface area contributed by atoms with E-state index in [1.54, 1.807) is 0 Å². The molecule has 7 nitrogen and oxygen atoms in total. The first-order chi connectivity index (χ1) is 15.5. The quantitative estimate of drug-likeness (QED) is 0.520. The summed E-state index contributed by atoms with van der Waals surface area (Å²) >= 11 is 0. The van der Waals surface area contributed by atoms with Crippen molar-refractivity contribution in [3.63, 3.8) is 0 Å². The molecular weight excluding hydrogens is 455 g/mol. The van der Waals surface area contributed by atoms with Crippen LogP contribution in [0.15, 0.2) is 34.7 Å². The third-order valence-electron chi connectivity index (χ3n) is 5.17. The first-order valence-corrected chi connectivity index (χ1v) is 9.48. The Labute approximate surface area is 184 Å². The number of alkyl halides is 4. The lowest BCUT2D eigenvalue weighted by atomic mass is 9.77. The minimum Gasteiger partial charge on any atom is -0.466 e. The van der Waals surface area contributed by atoms with Crippen LogP contribution in [0.25, 0.3) is 0 Å². The smallest absolute Gasteiger partial charge is 0.418 e. The van der Waals surface area contributed by atoms with Gasteiger partial charge in [0.25, 0.3) is 0 Å². The molecule has 0 bridgehead atoms. The molecule has 0 spiro atoms. The number of carbonyl (C=O) groups is 2. The van der Waals surface area contributed by atoms with Crippen LogP contribution >= 0.6 is 0 Å². The molecule has 2 aliphatic rings. The number of esters is 2. The number of dihydropyridines is 1. The minimum atomic E-state index is -5.25. The van der Waals surface area contributed by atoms with Gasteiger partial charge in [0.05, 0.1) is 60.3 Å². The first kappa shape index (κ1) is 24.2. The van der Waals surface area contributed by atoms with E-state index in [2.05, 4.69) is 10.1 Å². The van der Waals surface area contributed by atoms with Crippen LogP contribution in [0.2, 0.25) is 0 Å². The Hall–Kier alpha value is -3.46. The number of hydrogen-bond acceptors (Lipinski definition) is 7. The molecule has 1 fully saturated rings. The summed E-state index contributed by atoms with van der Waals surface area (Å²) in [5.41, 5.74) is -5.79. The predicted octanol–water partition coefficient (Wildman–Crippen LogP) is 3.02. The van der Waals surface area contributed by atoms with Crippen molar-refractivity contribution in [2.75, 3.05) is 27.0 Å². The van der Waals surface area contributed by atoms with Crippen LogP contribution in [-0.2, 0) is 30.0 Å². The maximum Gasteiger partial charge on any atom is 0.418 e. The summed E-state index contributed by atoms with van der Waals surface area (Å²) in [6, 6.07) is 2.57. The number of methoxy groups -OCH3 is 1. The zero-order valence-electron chi connectivity index (χ0n) is 17.3. The molecule has 1 N–H and O–H groups in total. The van der Waals surface area contributed by atoms with Gasteiger partial charge in [-0.3, -0.25) is 0 Å². The van der Waals surface area contributed by atoms with E-state index < -0.39 is 76.2 Å². The van der Waals surface area contributed by atoms with Gasteiger partial charge in [0, 0.05) is 11.3 Å². The molecule has 1 unspecified atom stereocenters. The summed E-state index contributed by atoms with van der Waals surface area (Å²) in [6.07, 6.45) is -5.96. The van der Waals surface area contributed by atoms with Crippen LogP contribution in [0.1, 0.15) is 29.5 Å². The fourth-order valence-electron chi connectivity index (χ4n) is 3.68. The number of allylic oxidation sites excluding steroid dienone is 2. The summed E-state index contributed by atoms with van der Waals surface area (Å²) in [5, 5.41) is 11.7. The molecule has 0 aromatic heterocycles. The Morgan fingerprint density at radius 2 is 1.91 bits per heavy atom. The summed E-state index contributed by atoms with van der Waals surface area (Å²) in [5.74, 6) is -5.98. The monoisotopic (exact) mass is 472 g/mol. The highest BCUT2D eigenvalue weighted by atomic mass is 19.4. The molecule has 0 aliphatic carbocycles. The number of benzene rings is 1. The Balaban J connectivity index is 2.36. The summed E-state index contributed by atoms with van der Waals surface area (Å²) in [6.45, 7) is -0.0444. The Bertz CT molecular complexity index is 1100. The SMILES string of the molecule is COC(=O)C1=C(CF)NC(C)=C(C(=O)OC2COC2)C1c1c(F)ccc(C#N)c1C(F)(F)F. The van der Waals surface area contributed by atoms with Gasteiger partial charge in [-0.15, -0.1) is 0 Å². The van der Waals surface area contributed by atoms with E-state index in [1.165, 1.54) is 13.0 Å². The van der Waals surface area contributed by atoms with Crippen LogP contribution in [-0.4, -0.2) is 45.0 Å². The van der Waals surface area contributed by atoms with Gasteiger partial charge in [0.2, 0.25) is 0 Å². The van der Waals surface area contributed by atoms with Crippen molar-refractivity contribution in [3.05, 3.63) is 57.2 Å². The number of ether oxygens (including phenoxy) is 3. The van der Waals surface area contributed by atoms with Crippen molar-refractivity contribution >= 4 is 11.9 Å². The van der Waals surface area contributed by atoms with Crippen LogP contribution in [0, 0.1) is 17.1 Å². The molecule has 12 heteroatoms. The molecule has 0 saturated carbocycles. The van der Waals surface area contributed by atoms with Crippen molar-refractivity contribution in [1.82, 2.24) is 5.32 Å². The molecule has 3 rings (SSSR count). The Morgan fingerprint density at radius 1 is 1.24 bits per heavy atom. The topological polar surface area (TPSA) is 97.7 Å². The largest absolute Gasteiger partial charge is 0.466 e. The second-order valence-corrected chi connectivity index (χ2v) is 7.17. The van der Waals surface area contributed by atoms with Crippen LogP contribution in [0.5, 0.6) is 0 Å². The van der Waals surface area contributed by atoms with E-state index >= 15 is 4.39 Å². The number of nitrogens with one attached hydrogen (secondary N) is 1. The summed E-state index contributed by atoms with van der Waals surface area (Å²) < 4.78 is 85.7. The van der Waals surface area contributed by atoms with E-state index in [9.17, 15) is 32.4 Å². The van der Waals surface area contributed by atoms with Crippen molar-refractivity contribution in [2.24, 2.45) is 0 Å². The molecule has 1 aromatic carbocycles. The molecule has 1 saturated heterocycles. The number of nitrogens with zero attached hydrogens (tertiary/aromatic N) is 1. The lowest BCUT2D eigenvalue weighted by molar-refractivity contribution is -0.168. The highest BCUT2D eigenvalue weighted by Gasteiger charge is 2.47. The average molecular weight is 472 g/mol. The minimum absolute atomic E-state index is 0.0394. The zero-order valence-corrected chi connectivity index (χ0v) is 17.3. The third kappa shape index (κ3) is 4.41. The van der Waals surface area contributed by atoms with Crippen molar-refractivity contribution in [3.8, 4) is 6.07 Å². The van der Waals surface area contributed by atoms with Gasteiger partial charge in [0.1, 0.15) is 18.6 Å². The Kier molecular flexibility index (Phi) is 6.73. The van der Waals surface area contributed by atoms with E-state index in [1.807, 2.05) is 0 Å². The fraction of sp³-hybridized carbons (Fsp3) is 0.381. The molecular formula is C21H17F5N2O5. The number of rotatable bonds is 5. The number of halogens is 5. The number of nitriles is 1. The van der Waals surface area contributed by atoms with Crippen molar-refractivity contribution < 1.29 is 45.8 Å². The normalized spacial score (nSPS) is 18.9. The first-order valence-electron chi connectivity index (χ1n) is 9.48. The number of carbonyl (C=O) groups excluding carboxylic acids is 2. The van der Waals surface area contributed by atoms with Crippen LogP contribution < -0.4 is 5.32 Å². The Morgan fingerprint density at radius 3 is 2.39 bits per heavy atom. The van der Waals surface area contributed by atoms with Gasteiger partial charge in [-0.2, -0.15) is 18.4 Å². The second kappa shape index (κ2) is 9.19. The zero-order chi connectivity index (χ0) is 24.5. The maximum atomic E-state index is 15.1.